The summed E-state index contributed by atoms with van der Waals surface area (Å²) in [6.07, 6.45) is 0. The van der Waals surface area contributed by atoms with Gasteiger partial charge in [-0.2, -0.15) is 0 Å². The van der Waals surface area contributed by atoms with Crippen molar-refractivity contribution in [1.82, 2.24) is 4.98 Å². The van der Waals surface area contributed by atoms with Crippen molar-refractivity contribution in [2.45, 2.75) is 20.8 Å². The molecule has 4 rings (SSSR count). The Balaban J connectivity index is 1.62. The van der Waals surface area contributed by atoms with Crippen LogP contribution >= 0.6 is 0 Å². The van der Waals surface area contributed by atoms with Crippen molar-refractivity contribution in [3.63, 3.8) is 0 Å². The Morgan fingerprint density at radius 1 is 0.889 bits per heavy atom. The number of oxazole rings is 1. The molecule has 3 aromatic carbocycles. The third kappa shape index (κ3) is 3.34. The monoisotopic (exact) mass is 356 g/mol. The molecule has 1 aromatic heterocycles. The van der Waals surface area contributed by atoms with E-state index in [2.05, 4.69) is 10.3 Å². The molecule has 0 aliphatic heterocycles. The topological polar surface area (TPSA) is 55.1 Å². The molecule has 0 bridgehead atoms. The molecule has 0 saturated heterocycles. The van der Waals surface area contributed by atoms with Gasteiger partial charge in [0.1, 0.15) is 5.52 Å². The Morgan fingerprint density at radius 2 is 1.70 bits per heavy atom. The summed E-state index contributed by atoms with van der Waals surface area (Å²) in [6, 6.07) is 19.2. The molecule has 1 N–H and O–H groups in total. The first-order valence-corrected chi connectivity index (χ1v) is 8.86. The fraction of sp³-hybridized carbons (Fsp3) is 0.130. The number of benzene rings is 3. The summed E-state index contributed by atoms with van der Waals surface area (Å²) < 4.78 is 5.88. The smallest absolute Gasteiger partial charge is 0.255 e. The van der Waals surface area contributed by atoms with Gasteiger partial charge >= 0.3 is 0 Å². The zero-order valence-electron chi connectivity index (χ0n) is 15.5. The highest BCUT2D eigenvalue weighted by Crippen LogP contribution is 2.28. The fourth-order valence-electron chi connectivity index (χ4n) is 3.02. The average Bonchev–Trinajstić information content (AvgIpc) is 3.07. The zero-order chi connectivity index (χ0) is 19.0. The minimum Gasteiger partial charge on any atom is -0.436 e. The molecule has 0 radical (unpaired) electrons. The van der Waals surface area contributed by atoms with E-state index in [1.165, 1.54) is 5.56 Å². The number of anilines is 1. The summed E-state index contributed by atoms with van der Waals surface area (Å²) in [5, 5.41) is 2.94. The van der Waals surface area contributed by atoms with E-state index in [9.17, 15) is 4.79 Å². The van der Waals surface area contributed by atoms with E-state index in [4.69, 9.17) is 4.42 Å². The minimum atomic E-state index is -0.139. The van der Waals surface area contributed by atoms with Crippen LogP contribution in [0.4, 0.5) is 5.69 Å². The predicted octanol–water partition coefficient (Wildman–Crippen LogP) is 5.67. The molecule has 1 amide bonds. The summed E-state index contributed by atoms with van der Waals surface area (Å²) in [6.45, 7) is 6.06. The molecule has 4 aromatic rings. The van der Waals surface area contributed by atoms with E-state index < -0.39 is 0 Å². The van der Waals surface area contributed by atoms with Gasteiger partial charge in [-0.25, -0.2) is 4.98 Å². The Hall–Kier alpha value is -3.40. The standard InChI is InChI=1S/C23H20N2O2/c1-14-8-9-17(12-16(14)3)22(26)24-18-10-11-21-20(13-18)25-23(27-21)19-7-5-4-6-15(19)2/h4-13H,1-3H3,(H,24,26). The summed E-state index contributed by atoms with van der Waals surface area (Å²) in [5.41, 5.74) is 7.07. The second-order valence-electron chi connectivity index (χ2n) is 6.77. The second-order valence-corrected chi connectivity index (χ2v) is 6.77. The maximum Gasteiger partial charge on any atom is 0.255 e. The number of fused-ring (bicyclic) bond motifs is 1. The number of nitrogens with zero attached hydrogens (tertiary/aromatic N) is 1. The first-order valence-electron chi connectivity index (χ1n) is 8.86. The Kier molecular flexibility index (Phi) is 4.24. The molecule has 4 heteroatoms. The van der Waals surface area contributed by atoms with E-state index in [0.717, 1.165) is 16.7 Å². The van der Waals surface area contributed by atoms with E-state index >= 15 is 0 Å². The molecule has 0 aliphatic carbocycles. The lowest BCUT2D eigenvalue weighted by Crippen LogP contribution is -2.12. The van der Waals surface area contributed by atoms with Crippen LogP contribution in [-0.4, -0.2) is 10.9 Å². The quantitative estimate of drug-likeness (QED) is 0.514. The zero-order valence-corrected chi connectivity index (χ0v) is 15.5. The molecule has 0 atom stereocenters. The number of aromatic nitrogens is 1. The molecular weight excluding hydrogens is 336 g/mol. The van der Waals surface area contributed by atoms with Crippen molar-refractivity contribution in [2.75, 3.05) is 5.32 Å². The van der Waals surface area contributed by atoms with Gasteiger partial charge < -0.3 is 9.73 Å². The average molecular weight is 356 g/mol. The number of rotatable bonds is 3. The predicted molar refractivity (Wildman–Crippen MR) is 108 cm³/mol. The fourth-order valence-corrected chi connectivity index (χ4v) is 3.02. The van der Waals surface area contributed by atoms with Crippen molar-refractivity contribution >= 4 is 22.7 Å². The number of hydrogen-bond donors (Lipinski definition) is 1. The Labute approximate surface area is 157 Å². The highest BCUT2D eigenvalue weighted by atomic mass is 16.3. The van der Waals surface area contributed by atoms with Gasteiger partial charge in [0.15, 0.2) is 5.58 Å². The van der Waals surface area contributed by atoms with Gasteiger partial charge in [0.05, 0.1) is 0 Å². The number of nitrogens with one attached hydrogen (secondary N) is 1. The SMILES string of the molecule is Cc1ccc(C(=O)Nc2ccc3oc(-c4ccccc4C)nc3c2)cc1C. The van der Waals surface area contributed by atoms with Crippen molar-refractivity contribution in [1.29, 1.82) is 0 Å². The molecular formula is C23H20N2O2. The largest absolute Gasteiger partial charge is 0.436 e. The normalized spacial score (nSPS) is 10.9. The van der Waals surface area contributed by atoms with Gasteiger partial charge in [0, 0.05) is 16.8 Å². The first-order chi connectivity index (χ1) is 13.0. The highest BCUT2D eigenvalue weighted by Gasteiger charge is 2.12. The van der Waals surface area contributed by atoms with Gasteiger partial charge in [0.25, 0.3) is 5.91 Å². The summed E-state index contributed by atoms with van der Waals surface area (Å²) >= 11 is 0. The third-order valence-corrected chi connectivity index (χ3v) is 4.79. The number of carbonyl (C=O) groups is 1. The molecule has 0 aliphatic rings. The summed E-state index contributed by atoms with van der Waals surface area (Å²) in [5.74, 6) is 0.445. The van der Waals surface area contributed by atoms with Crippen LogP contribution in [0.25, 0.3) is 22.6 Å². The van der Waals surface area contributed by atoms with Crippen LogP contribution in [-0.2, 0) is 0 Å². The molecule has 134 valence electrons. The van der Waals surface area contributed by atoms with E-state index in [-0.39, 0.29) is 5.91 Å². The lowest BCUT2D eigenvalue weighted by Gasteiger charge is -2.07. The number of hydrogen-bond acceptors (Lipinski definition) is 3. The molecule has 0 saturated carbocycles. The van der Waals surface area contributed by atoms with Crippen LogP contribution in [0, 0.1) is 20.8 Å². The van der Waals surface area contributed by atoms with Crippen molar-refractivity contribution in [2.24, 2.45) is 0 Å². The highest BCUT2D eigenvalue weighted by molar-refractivity contribution is 6.05. The van der Waals surface area contributed by atoms with E-state index in [1.54, 1.807) is 0 Å². The van der Waals surface area contributed by atoms with Gasteiger partial charge in [-0.15, -0.1) is 0 Å². The van der Waals surface area contributed by atoms with Gasteiger partial charge in [-0.3, -0.25) is 4.79 Å². The lowest BCUT2D eigenvalue weighted by atomic mass is 10.1. The number of aryl methyl sites for hydroxylation is 3. The van der Waals surface area contributed by atoms with E-state index in [0.29, 0.717) is 28.2 Å². The second kappa shape index (κ2) is 6.72. The molecule has 0 spiro atoms. The van der Waals surface area contributed by atoms with Crippen molar-refractivity contribution < 1.29 is 9.21 Å². The minimum absolute atomic E-state index is 0.139. The van der Waals surface area contributed by atoms with Gasteiger partial charge in [-0.05, 0) is 73.9 Å². The summed E-state index contributed by atoms with van der Waals surface area (Å²) in [7, 11) is 0. The lowest BCUT2D eigenvalue weighted by molar-refractivity contribution is 0.102. The van der Waals surface area contributed by atoms with Crippen LogP contribution in [0.15, 0.2) is 65.1 Å². The van der Waals surface area contributed by atoms with Crippen LogP contribution in [0.2, 0.25) is 0 Å². The Bertz CT molecular complexity index is 1160. The molecule has 0 fully saturated rings. The number of amides is 1. The maximum absolute atomic E-state index is 12.5. The molecule has 27 heavy (non-hydrogen) atoms. The molecule has 4 nitrogen and oxygen atoms in total. The third-order valence-electron chi connectivity index (χ3n) is 4.79. The molecule has 1 heterocycles. The van der Waals surface area contributed by atoms with E-state index in [1.807, 2.05) is 81.4 Å². The van der Waals surface area contributed by atoms with Gasteiger partial charge in [-0.1, -0.05) is 24.3 Å². The summed E-state index contributed by atoms with van der Waals surface area (Å²) in [4.78, 5) is 17.1. The van der Waals surface area contributed by atoms with Gasteiger partial charge in [0.2, 0.25) is 5.89 Å². The molecule has 0 unspecified atom stereocenters. The first kappa shape index (κ1) is 17.0. The number of carbonyl (C=O) groups excluding carboxylic acids is 1. The van der Waals surface area contributed by atoms with Crippen molar-refractivity contribution in [3.8, 4) is 11.5 Å². The van der Waals surface area contributed by atoms with Crippen molar-refractivity contribution in [3.05, 3.63) is 82.9 Å². The Morgan fingerprint density at radius 3 is 2.48 bits per heavy atom. The van der Waals surface area contributed by atoms with Crippen LogP contribution in [0.5, 0.6) is 0 Å². The van der Waals surface area contributed by atoms with Crippen LogP contribution in [0.1, 0.15) is 27.0 Å². The van der Waals surface area contributed by atoms with Crippen LogP contribution < -0.4 is 5.32 Å². The maximum atomic E-state index is 12.5. The van der Waals surface area contributed by atoms with Crippen LogP contribution in [0.3, 0.4) is 0 Å².